The zero-order chi connectivity index (χ0) is 12.3. The van der Waals surface area contributed by atoms with Crippen molar-refractivity contribution in [3.8, 4) is 0 Å². The molecule has 0 aliphatic carbocycles. The molecule has 0 atom stereocenters. The molecular weight excluding hydrogens is 212 g/mol. The summed E-state index contributed by atoms with van der Waals surface area (Å²) in [7, 11) is 1.22. The lowest BCUT2D eigenvalue weighted by Gasteiger charge is -2.19. The number of hydrogen-bond donors (Lipinski definition) is 1. The van der Waals surface area contributed by atoms with Crippen LogP contribution in [0.5, 0.6) is 0 Å². The highest BCUT2D eigenvalue weighted by atomic mass is 16.5. The van der Waals surface area contributed by atoms with Gasteiger partial charge < -0.3 is 14.6 Å². The molecule has 1 aromatic rings. The number of esters is 1. The number of carbonyl (C=O) groups is 2. The van der Waals surface area contributed by atoms with Gasteiger partial charge in [0.25, 0.3) is 5.91 Å². The Morgan fingerprint density at radius 3 is 2.56 bits per heavy atom. The van der Waals surface area contributed by atoms with E-state index in [1.807, 2.05) is 20.8 Å². The fraction of sp³-hybridized carbons (Fsp3) is 0.500. The van der Waals surface area contributed by atoms with Gasteiger partial charge in [-0.05, 0) is 20.8 Å². The molecule has 0 radical (unpaired) electrons. The van der Waals surface area contributed by atoms with Gasteiger partial charge in [-0.25, -0.2) is 4.79 Å². The number of ether oxygens (including phenoxy) is 1. The third-order valence-electron chi connectivity index (χ3n) is 1.68. The smallest absolute Gasteiger partial charge is 0.343 e. The van der Waals surface area contributed by atoms with Crippen molar-refractivity contribution >= 4 is 11.9 Å². The van der Waals surface area contributed by atoms with E-state index in [1.165, 1.54) is 7.11 Å². The highest BCUT2D eigenvalue weighted by Gasteiger charge is 2.25. The number of nitrogens with zero attached hydrogens (tertiary/aromatic N) is 1. The number of methoxy groups -OCH3 is 1. The summed E-state index contributed by atoms with van der Waals surface area (Å²) in [5, 5.41) is 6.15. The normalized spacial score (nSPS) is 11.0. The van der Waals surface area contributed by atoms with Gasteiger partial charge in [-0.1, -0.05) is 5.16 Å². The van der Waals surface area contributed by atoms with Crippen LogP contribution in [-0.2, 0) is 4.74 Å². The monoisotopic (exact) mass is 226 g/mol. The second-order valence-corrected chi connectivity index (χ2v) is 4.27. The fourth-order valence-corrected chi connectivity index (χ4v) is 1.06. The predicted molar refractivity (Wildman–Crippen MR) is 55.1 cm³/mol. The molecule has 0 saturated carbocycles. The molecule has 0 unspecified atom stereocenters. The van der Waals surface area contributed by atoms with E-state index in [-0.39, 0.29) is 11.3 Å². The average molecular weight is 226 g/mol. The quantitative estimate of drug-likeness (QED) is 0.760. The van der Waals surface area contributed by atoms with Gasteiger partial charge in [0, 0.05) is 5.54 Å². The van der Waals surface area contributed by atoms with Crippen molar-refractivity contribution in [3.05, 3.63) is 17.5 Å². The lowest BCUT2D eigenvalue weighted by atomic mass is 10.1. The van der Waals surface area contributed by atoms with Gasteiger partial charge in [0.1, 0.15) is 11.8 Å². The Morgan fingerprint density at radius 2 is 2.06 bits per heavy atom. The van der Waals surface area contributed by atoms with Gasteiger partial charge in [0.2, 0.25) is 0 Å². The number of rotatable bonds is 2. The minimum Gasteiger partial charge on any atom is -0.465 e. The molecule has 1 aromatic heterocycles. The van der Waals surface area contributed by atoms with Crippen LogP contribution in [0.15, 0.2) is 10.8 Å². The van der Waals surface area contributed by atoms with Crippen molar-refractivity contribution in [1.29, 1.82) is 0 Å². The molecule has 0 aliphatic heterocycles. The third-order valence-corrected chi connectivity index (χ3v) is 1.68. The molecule has 0 aliphatic rings. The second-order valence-electron chi connectivity index (χ2n) is 4.27. The Bertz CT molecular complexity index is 403. The van der Waals surface area contributed by atoms with E-state index in [2.05, 4.69) is 19.7 Å². The van der Waals surface area contributed by atoms with Crippen LogP contribution >= 0.6 is 0 Å². The first kappa shape index (κ1) is 12.2. The molecule has 0 aromatic carbocycles. The molecule has 1 amide bonds. The first-order valence-corrected chi connectivity index (χ1v) is 4.70. The minimum atomic E-state index is -0.652. The minimum absolute atomic E-state index is 0.0178. The summed E-state index contributed by atoms with van der Waals surface area (Å²) in [5.74, 6) is -1.12. The summed E-state index contributed by atoms with van der Waals surface area (Å²) in [6.07, 6.45) is 1.09. The first-order valence-electron chi connectivity index (χ1n) is 4.70. The Labute approximate surface area is 92.9 Å². The van der Waals surface area contributed by atoms with Crippen LogP contribution in [0.4, 0.5) is 0 Å². The third kappa shape index (κ3) is 2.82. The molecule has 0 bridgehead atoms. The van der Waals surface area contributed by atoms with E-state index in [0.717, 1.165) is 6.26 Å². The Kier molecular flexibility index (Phi) is 3.31. The highest BCUT2D eigenvalue weighted by molar-refractivity contribution is 6.03. The number of hydrogen-bond acceptors (Lipinski definition) is 5. The zero-order valence-corrected chi connectivity index (χ0v) is 9.66. The number of nitrogens with one attached hydrogen (secondary N) is 1. The summed E-state index contributed by atoms with van der Waals surface area (Å²) < 4.78 is 9.09. The van der Waals surface area contributed by atoms with Crippen LogP contribution in [0.3, 0.4) is 0 Å². The summed E-state index contributed by atoms with van der Waals surface area (Å²) in [6, 6.07) is 0. The van der Waals surface area contributed by atoms with Crippen LogP contribution in [0.25, 0.3) is 0 Å². The molecular formula is C10H14N2O4. The second kappa shape index (κ2) is 4.34. The lowest BCUT2D eigenvalue weighted by Crippen LogP contribution is -2.41. The Hall–Kier alpha value is -1.85. The van der Waals surface area contributed by atoms with Crippen molar-refractivity contribution in [1.82, 2.24) is 10.5 Å². The van der Waals surface area contributed by atoms with E-state index in [4.69, 9.17) is 0 Å². The molecule has 1 N–H and O–H groups in total. The largest absolute Gasteiger partial charge is 0.465 e. The zero-order valence-electron chi connectivity index (χ0n) is 9.66. The van der Waals surface area contributed by atoms with E-state index < -0.39 is 17.4 Å². The fourth-order valence-electron chi connectivity index (χ4n) is 1.06. The van der Waals surface area contributed by atoms with E-state index >= 15 is 0 Å². The van der Waals surface area contributed by atoms with Gasteiger partial charge in [-0.15, -0.1) is 0 Å². The van der Waals surface area contributed by atoms with Crippen molar-refractivity contribution in [2.75, 3.05) is 7.11 Å². The van der Waals surface area contributed by atoms with Crippen LogP contribution in [-0.4, -0.2) is 29.7 Å². The van der Waals surface area contributed by atoms with Crippen molar-refractivity contribution in [3.63, 3.8) is 0 Å². The SMILES string of the molecule is COC(=O)c1conc1C(=O)NC(C)(C)C. The van der Waals surface area contributed by atoms with E-state index in [1.54, 1.807) is 0 Å². The van der Waals surface area contributed by atoms with Crippen molar-refractivity contribution < 1.29 is 18.8 Å². The topological polar surface area (TPSA) is 81.4 Å². The molecule has 1 rings (SSSR count). The number of aromatic nitrogens is 1. The highest BCUT2D eigenvalue weighted by Crippen LogP contribution is 2.10. The Morgan fingerprint density at radius 1 is 1.44 bits per heavy atom. The van der Waals surface area contributed by atoms with Gasteiger partial charge in [-0.3, -0.25) is 4.79 Å². The van der Waals surface area contributed by atoms with Crippen LogP contribution in [0.2, 0.25) is 0 Å². The molecule has 0 saturated heterocycles. The number of amides is 1. The summed E-state index contributed by atoms with van der Waals surface area (Å²) >= 11 is 0. The average Bonchev–Trinajstić information content (AvgIpc) is 2.62. The molecule has 1 heterocycles. The van der Waals surface area contributed by atoms with Crippen LogP contribution in [0.1, 0.15) is 41.6 Å². The predicted octanol–water partition coefficient (Wildman–Crippen LogP) is 0.990. The van der Waals surface area contributed by atoms with E-state index in [0.29, 0.717) is 0 Å². The van der Waals surface area contributed by atoms with Gasteiger partial charge in [-0.2, -0.15) is 0 Å². The summed E-state index contributed by atoms with van der Waals surface area (Å²) in [5.41, 5.74) is -0.463. The molecule has 88 valence electrons. The number of carbonyl (C=O) groups excluding carboxylic acids is 2. The van der Waals surface area contributed by atoms with Gasteiger partial charge in [0.15, 0.2) is 5.69 Å². The maximum Gasteiger partial charge on any atom is 0.343 e. The lowest BCUT2D eigenvalue weighted by molar-refractivity contribution is 0.0595. The van der Waals surface area contributed by atoms with Crippen molar-refractivity contribution in [2.24, 2.45) is 0 Å². The van der Waals surface area contributed by atoms with Crippen molar-refractivity contribution in [2.45, 2.75) is 26.3 Å². The van der Waals surface area contributed by atoms with Crippen LogP contribution < -0.4 is 5.32 Å². The summed E-state index contributed by atoms with van der Waals surface area (Å²) in [4.78, 5) is 23.0. The molecule has 0 fully saturated rings. The maximum absolute atomic E-state index is 11.7. The molecule has 0 spiro atoms. The van der Waals surface area contributed by atoms with E-state index in [9.17, 15) is 9.59 Å². The Balaban J connectivity index is 2.93. The summed E-state index contributed by atoms with van der Waals surface area (Å²) in [6.45, 7) is 5.47. The molecule has 6 nitrogen and oxygen atoms in total. The standard InChI is InChI=1S/C10H14N2O4/c1-10(2,3)11-8(13)7-6(5-16-12-7)9(14)15-4/h5H,1-4H3,(H,11,13). The van der Waals surface area contributed by atoms with Gasteiger partial charge >= 0.3 is 5.97 Å². The molecule has 6 heteroatoms. The first-order chi connectivity index (χ1) is 7.35. The molecule has 16 heavy (non-hydrogen) atoms. The maximum atomic E-state index is 11.7. The van der Waals surface area contributed by atoms with Crippen LogP contribution in [0, 0.1) is 0 Å². The van der Waals surface area contributed by atoms with Gasteiger partial charge in [0.05, 0.1) is 7.11 Å².